The average Bonchev–Trinajstić information content (AvgIpc) is 3.30. The zero-order valence-corrected chi connectivity index (χ0v) is 20.5. The summed E-state index contributed by atoms with van der Waals surface area (Å²) >= 11 is 10.3. The maximum Gasteiger partial charge on any atom is 0.350 e. The highest BCUT2D eigenvalue weighted by atomic mass is 79.9. The number of benzene rings is 2. The summed E-state index contributed by atoms with van der Waals surface area (Å²) in [7, 11) is 1.25. The summed E-state index contributed by atoms with van der Waals surface area (Å²) in [6.07, 6.45) is 0. The molecule has 4 rings (SSSR count). The van der Waals surface area contributed by atoms with E-state index in [0.29, 0.717) is 21.8 Å². The molecule has 0 saturated carbocycles. The quantitative estimate of drug-likeness (QED) is 0.207. The number of amides is 1. The van der Waals surface area contributed by atoms with Gasteiger partial charge < -0.3 is 9.84 Å². The number of anilines is 1. The molecule has 10 heteroatoms. The van der Waals surface area contributed by atoms with Crippen molar-refractivity contribution in [1.82, 2.24) is 4.98 Å². The fourth-order valence-corrected chi connectivity index (χ4v) is 5.11. The fraction of sp³-hybridized carbons (Fsp3) is 0.130. The van der Waals surface area contributed by atoms with Gasteiger partial charge in [0, 0.05) is 15.1 Å². The van der Waals surface area contributed by atoms with Crippen molar-refractivity contribution < 1.29 is 24.2 Å². The van der Waals surface area contributed by atoms with E-state index in [9.17, 15) is 19.5 Å². The van der Waals surface area contributed by atoms with Crippen LogP contribution in [0.5, 0.6) is 0 Å². The Kier molecular flexibility index (Phi) is 6.38. The molecule has 168 valence electrons. The van der Waals surface area contributed by atoms with Gasteiger partial charge in [-0.1, -0.05) is 51.0 Å². The van der Waals surface area contributed by atoms with Crippen molar-refractivity contribution in [2.24, 2.45) is 0 Å². The zero-order chi connectivity index (χ0) is 23.9. The number of methoxy groups -OCH3 is 1. The van der Waals surface area contributed by atoms with E-state index in [1.165, 1.54) is 12.0 Å². The number of nitrogens with zero attached hydrogens (tertiary/aromatic N) is 2. The molecule has 2 heterocycles. The molecule has 2 aromatic carbocycles. The summed E-state index contributed by atoms with van der Waals surface area (Å²) in [6.45, 7) is 1.62. The standard InChI is InChI=1S/C23H16BrClN2O5S/c1-11-20(22(31)32-2)33-23(26-11)27-17(13-4-3-5-14(24)10-13)16(19(29)21(27)30)18(28)12-6-8-15(25)9-7-12/h3-10,17,28H,1-2H3/b18-16+. The van der Waals surface area contributed by atoms with Crippen LogP contribution < -0.4 is 4.90 Å². The van der Waals surface area contributed by atoms with E-state index in [0.717, 1.165) is 15.8 Å². The number of thiazole rings is 1. The number of hydrogen-bond donors (Lipinski definition) is 1. The highest BCUT2D eigenvalue weighted by Gasteiger charge is 2.48. The minimum Gasteiger partial charge on any atom is -0.507 e. The highest BCUT2D eigenvalue weighted by molar-refractivity contribution is 9.10. The summed E-state index contributed by atoms with van der Waals surface area (Å²) in [5.74, 6) is -2.65. The fourth-order valence-electron chi connectivity index (χ4n) is 3.55. The van der Waals surface area contributed by atoms with Crippen molar-refractivity contribution in [2.75, 3.05) is 12.0 Å². The number of aliphatic hydroxyl groups is 1. The molecule has 1 saturated heterocycles. The van der Waals surface area contributed by atoms with Gasteiger partial charge in [0.2, 0.25) is 0 Å². The van der Waals surface area contributed by atoms with Crippen LogP contribution in [-0.2, 0) is 14.3 Å². The lowest BCUT2D eigenvalue weighted by Gasteiger charge is -2.23. The first-order valence-corrected chi connectivity index (χ1v) is 11.6. The molecular formula is C23H16BrClN2O5S. The highest BCUT2D eigenvalue weighted by Crippen LogP contribution is 2.44. The maximum absolute atomic E-state index is 13.2. The predicted octanol–water partition coefficient (Wildman–Crippen LogP) is 5.28. The Balaban J connectivity index is 1.94. The summed E-state index contributed by atoms with van der Waals surface area (Å²) in [6, 6.07) is 12.4. The van der Waals surface area contributed by atoms with Gasteiger partial charge in [-0.25, -0.2) is 9.78 Å². The molecule has 1 aliphatic heterocycles. The van der Waals surface area contributed by atoms with Gasteiger partial charge in [0.05, 0.1) is 24.4 Å². The van der Waals surface area contributed by atoms with Gasteiger partial charge in [-0.2, -0.15) is 0 Å². The van der Waals surface area contributed by atoms with Crippen LogP contribution in [0.2, 0.25) is 5.02 Å². The van der Waals surface area contributed by atoms with Gasteiger partial charge in [0.15, 0.2) is 5.13 Å². The van der Waals surface area contributed by atoms with Crippen LogP contribution in [0, 0.1) is 6.92 Å². The van der Waals surface area contributed by atoms with E-state index in [1.54, 1.807) is 55.5 Å². The van der Waals surface area contributed by atoms with Crippen molar-refractivity contribution in [3.8, 4) is 0 Å². The Hall–Kier alpha value is -3.01. The molecule has 1 amide bonds. The number of aryl methyl sites for hydroxylation is 1. The van der Waals surface area contributed by atoms with E-state index in [-0.39, 0.29) is 21.3 Å². The molecule has 1 aliphatic rings. The number of ketones is 1. The summed E-state index contributed by atoms with van der Waals surface area (Å²) in [5, 5.41) is 11.7. The number of carbonyl (C=O) groups excluding carboxylic acids is 3. The lowest BCUT2D eigenvalue weighted by Crippen LogP contribution is -2.29. The smallest absolute Gasteiger partial charge is 0.350 e. The van der Waals surface area contributed by atoms with Crippen LogP contribution in [0.1, 0.15) is 32.5 Å². The van der Waals surface area contributed by atoms with Crippen molar-refractivity contribution in [2.45, 2.75) is 13.0 Å². The Morgan fingerprint density at radius 3 is 2.55 bits per heavy atom. The number of ether oxygens (including phenoxy) is 1. The first-order chi connectivity index (χ1) is 15.7. The lowest BCUT2D eigenvalue weighted by molar-refractivity contribution is -0.132. The number of Topliss-reactive ketones (excluding diaryl/α,β-unsaturated/α-hetero) is 1. The third-order valence-electron chi connectivity index (χ3n) is 5.09. The summed E-state index contributed by atoms with van der Waals surface area (Å²) in [4.78, 5) is 44.2. The van der Waals surface area contributed by atoms with E-state index in [2.05, 4.69) is 20.9 Å². The van der Waals surface area contributed by atoms with Crippen LogP contribution in [0.15, 0.2) is 58.6 Å². The van der Waals surface area contributed by atoms with E-state index in [4.69, 9.17) is 16.3 Å². The molecule has 0 bridgehead atoms. The molecule has 1 unspecified atom stereocenters. The second-order valence-corrected chi connectivity index (χ2v) is 9.46. The third kappa shape index (κ3) is 4.19. The third-order valence-corrected chi connectivity index (χ3v) is 6.97. The van der Waals surface area contributed by atoms with Crippen molar-refractivity contribution in [3.63, 3.8) is 0 Å². The van der Waals surface area contributed by atoms with E-state index < -0.39 is 23.7 Å². The molecule has 33 heavy (non-hydrogen) atoms. The number of carbonyl (C=O) groups is 3. The molecular weight excluding hydrogens is 532 g/mol. The molecule has 1 N–H and O–H groups in total. The Labute approximate surface area is 206 Å². The number of halogens is 2. The second-order valence-electron chi connectivity index (χ2n) is 7.13. The normalized spacial score (nSPS) is 17.5. The number of esters is 1. The van der Waals surface area contributed by atoms with Gasteiger partial charge in [-0.05, 0) is 48.9 Å². The molecule has 7 nitrogen and oxygen atoms in total. The first-order valence-electron chi connectivity index (χ1n) is 9.61. The average molecular weight is 548 g/mol. The van der Waals surface area contributed by atoms with Crippen molar-refractivity contribution >= 4 is 67.4 Å². The maximum atomic E-state index is 13.2. The van der Waals surface area contributed by atoms with Crippen molar-refractivity contribution in [3.05, 3.63) is 85.3 Å². The predicted molar refractivity (Wildman–Crippen MR) is 129 cm³/mol. The minimum absolute atomic E-state index is 0.0899. The van der Waals surface area contributed by atoms with Gasteiger partial charge >= 0.3 is 11.9 Å². The topological polar surface area (TPSA) is 96.8 Å². The van der Waals surface area contributed by atoms with Gasteiger partial charge in [0.1, 0.15) is 10.6 Å². The van der Waals surface area contributed by atoms with Crippen LogP contribution >= 0.6 is 38.9 Å². The molecule has 3 aromatic rings. The van der Waals surface area contributed by atoms with Crippen LogP contribution in [0.3, 0.4) is 0 Å². The van der Waals surface area contributed by atoms with Crippen LogP contribution in [-0.4, -0.2) is 34.9 Å². The number of aliphatic hydroxyl groups excluding tert-OH is 1. The molecule has 1 aromatic heterocycles. The molecule has 1 fully saturated rings. The molecule has 1 atom stereocenters. The van der Waals surface area contributed by atoms with Crippen molar-refractivity contribution in [1.29, 1.82) is 0 Å². The monoisotopic (exact) mass is 546 g/mol. The van der Waals surface area contributed by atoms with E-state index >= 15 is 0 Å². The van der Waals surface area contributed by atoms with Gasteiger partial charge in [-0.15, -0.1) is 0 Å². The first kappa shape index (κ1) is 23.2. The summed E-state index contributed by atoms with van der Waals surface area (Å²) in [5.41, 5.74) is 1.19. The second kappa shape index (κ2) is 9.09. The van der Waals surface area contributed by atoms with Crippen LogP contribution in [0.4, 0.5) is 5.13 Å². The largest absolute Gasteiger partial charge is 0.507 e. The SMILES string of the molecule is COC(=O)c1sc(N2C(=O)C(=O)/C(=C(/O)c3ccc(Cl)cc3)C2c2cccc(Br)c2)nc1C. The number of aromatic nitrogens is 1. The summed E-state index contributed by atoms with van der Waals surface area (Å²) < 4.78 is 5.51. The van der Waals surface area contributed by atoms with Gasteiger partial charge in [-0.3, -0.25) is 14.5 Å². The van der Waals surface area contributed by atoms with E-state index in [1.807, 2.05) is 0 Å². The molecule has 0 spiro atoms. The number of hydrogen-bond acceptors (Lipinski definition) is 7. The van der Waals surface area contributed by atoms with Crippen LogP contribution in [0.25, 0.3) is 5.76 Å². The van der Waals surface area contributed by atoms with Gasteiger partial charge in [0.25, 0.3) is 5.78 Å². The number of rotatable bonds is 4. The minimum atomic E-state index is -0.964. The molecule has 0 aliphatic carbocycles. The molecule has 0 radical (unpaired) electrons. The Morgan fingerprint density at radius 2 is 1.91 bits per heavy atom. The Bertz CT molecular complexity index is 1320. The zero-order valence-electron chi connectivity index (χ0n) is 17.3. The Morgan fingerprint density at radius 1 is 1.21 bits per heavy atom. The lowest BCUT2D eigenvalue weighted by atomic mass is 9.95.